The van der Waals surface area contributed by atoms with E-state index < -0.39 is 0 Å². The molecule has 0 spiro atoms. The summed E-state index contributed by atoms with van der Waals surface area (Å²) in [5.41, 5.74) is 4.19. The van der Waals surface area contributed by atoms with Crippen LogP contribution in [0.15, 0.2) is 41.7 Å². The minimum absolute atomic E-state index is 0.0394. The third-order valence-electron chi connectivity index (χ3n) is 5.90. The Morgan fingerprint density at radius 1 is 1.36 bits per heavy atom. The molecule has 1 aromatic heterocycles. The fourth-order valence-electron chi connectivity index (χ4n) is 4.13. The van der Waals surface area contributed by atoms with Gasteiger partial charge in [-0.1, -0.05) is 24.3 Å². The smallest absolute Gasteiger partial charge is 0.194 e. The number of guanidine groups is 1. The van der Waals surface area contributed by atoms with Gasteiger partial charge in [0.25, 0.3) is 0 Å². The molecule has 28 heavy (non-hydrogen) atoms. The first-order valence-corrected chi connectivity index (χ1v) is 10.3. The van der Waals surface area contributed by atoms with Crippen molar-refractivity contribution in [3.8, 4) is 0 Å². The van der Waals surface area contributed by atoms with Gasteiger partial charge < -0.3 is 15.0 Å². The number of hydrogen-bond acceptors (Lipinski definition) is 3. The number of ether oxygens (including phenoxy) is 1. The molecular weight excluding hydrogens is 350 g/mol. The predicted molar refractivity (Wildman–Crippen MR) is 112 cm³/mol. The van der Waals surface area contributed by atoms with Gasteiger partial charge >= 0.3 is 0 Å². The first kappa shape index (κ1) is 19.0. The molecule has 1 aliphatic heterocycles. The summed E-state index contributed by atoms with van der Waals surface area (Å²) < 4.78 is 7.83. The average Bonchev–Trinajstić information content (AvgIpc) is 3.37. The van der Waals surface area contributed by atoms with Gasteiger partial charge in [0.05, 0.1) is 25.9 Å². The van der Waals surface area contributed by atoms with Gasteiger partial charge in [0.15, 0.2) is 5.96 Å². The van der Waals surface area contributed by atoms with Gasteiger partial charge in [0.1, 0.15) is 6.10 Å². The first-order valence-electron chi connectivity index (χ1n) is 10.3. The van der Waals surface area contributed by atoms with Crippen molar-refractivity contribution in [2.75, 3.05) is 32.8 Å². The summed E-state index contributed by atoms with van der Waals surface area (Å²) in [7, 11) is 1.94. The van der Waals surface area contributed by atoms with Gasteiger partial charge in [0, 0.05) is 37.3 Å². The third-order valence-corrected chi connectivity index (χ3v) is 5.90. The zero-order chi connectivity index (χ0) is 19.6. The summed E-state index contributed by atoms with van der Waals surface area (Å²) in [4.78, 5) is 7.41. The highest BCUT2D eigenvalue weighted by Crippen LogP contribution is 2.49. The van der Waals surface area contributed by atoms with Gasteiger partial charge in [-0.25, -0.2) is 0 Å². The molecule has 1 saturated heterocycles. The van der Waals surface area contributed by atoms with Crippen LogP contribution in [0.4, 0.5) is 0 Å². The van der Waals surface area contributed by atoms with Crippen LogP contribution in [0, 0.1) is 6.92 Å². The van der Waals surface area contributed by atoms with E-state index in [9.17, 15) is 0 Å². The number of nitrogens with zero attached hydrogens (tertiary/aromatic N) is 4. The fourth-order valence-corrected chi connectivity index (χ4v) is 4.13. The molecule has 2 heterocycles. The second kappa shape index (κ2) is 7.95. The molecule has 2 fully saturated rings. The van der Waals surface area contributed by atoms with Crippen molar-refractivity contribution < 1.29 is 4.74 Å². The molecule has 6 heteroatoms. The molecule has 2 aromatic rings. The zero-order valence-electron chi connectivity index (χ0n) is 17.2. The Morgan fingerprint density at radius 2 is 2.18 bits per heavy atom. The van der Waals surface area contributed by atoms with Crippen LogP contribution in [-0.2, 0) is 17.2 Å². The van der Waals surface area contributed by atoms with Crippen molar-refractivity contribution in [3.05, 3.63) is 53.3 Å². The number of nitrogens with one attached hydrogen (secondary N) is 1. The first-order chi connectivity index (χ1) is 13.6. The molecule has 1 unspecified atom stereocenters. The van der Waals surface area contributed by atoms with Crippen LogP contribution in [0.25, 0.3) is 0 Å². The lowest BCUT2D eigenvalue weighted by Crippen LogP contribution is -2.48. The molecule has 0 amide bonds. The lowest BCUT2D eigenvalue weighted by molar-refractivity contribution is -0.00805. The van der Waals surface area contributed by atoms with Crippen LogP contribution < -0.4 is 5.32 Å². The summed E-state index contributed by atoms with van der Waals surface area (Å²) in [6.07, 6.45) is 6.42. The normalized spacial score (nSPS) is 21.6. The Kier molecular flexibility index (Phi) is 5.40. The van der Waals surface area contributed by atoms with E-state index >= 15 is 0 Å². The minimum Gasteiger partial charge on any atom is -0.370 e. The van der Waals surface area contributed by atoms with E-state index in [1.54, 1.807) is 0 Å². The third kappa shape index (κ3) is 3.92. The number of aryl methyl sites for hydroxylation is 2. The monoisotopic (exact) mass is 381 g/mol. The second-order valence-electron chi connectivity index (χ2n) is 8.02. The zero-order valence-corrected chi connectivity index (χ0v) is 17.2. The van der Waals surface area contributed by atoms with Crippen LogP contribution >= 0.6 is 0 Å². The van der Waals surface area contributed by atoms with Gasteiger partial charge in [-0.3, -0.25) is 9.67 Å². The van der Waals surface area contributed by atoms with Gasteiger partial charge in [-0.15, -0.1) is 0 Å². The van der Waals surface area contributed by atoms with Gasteiger partial charge in [-0.05, 0) is 37.8 Å². The fraction of sp³-hybridized carbons (Fsp3) is 0.545. The van der Waals surface area contributed by atoms with Crippen molar-refractivity contribution in [1.29, 1.82) is 0 Å². The molecule has 1 atom stereocenters. The Labute approximate surface area is 167 Å². The average molecular weight is 382 g/mol. The summed E-state index contributed by atoms with van der Waals surface area (Å²) in [5.74, 6) is 1.000. The van der Waals surface area contributed by atoms with Crippen molar-refractivity contribution in [1.82, 2.24) is 20.0 Å². The van der Waals surface area contributed by atoms with Crippen molar-refractivity contribution in [2.24, 2.45) is 12.0 Å². The molecule has 4 rings (SSSR count). The molecule has 0 bridgehead atoms. The van der Waals surface area contributed by atoms with Crippen molar-refractivity contribution in [2.45, 2.75) is 38.2 Å². The van der Waals surface area contributed by atoms with Crippen LogP contribution in [0.5, 0.6) is 0 Å². The Hall–Kier alpha value is -2.34. The molecule has 2 aliphatic rings. The number of aromatic nitrogens is 2. The highest BCUT2D eigenvalue weighted by atomic mass is 16.5. The number of morpholine rings is 1. The van der Waals surface area contributed by atoms with Crippen molar-refractivity contribution >= 4 is 5.96 Å². The molecular formula is C22H31N5O. The summed E-state index contributed by atoms with van der Waals surface area (Å²) in [5, 5.41) is 7.78. The maximum absolute atomic E-state index is 6.00. The largest absolute Gasteiger partial charge is 0.370 e. The molecule has 1 N–H and O–H groups in total. The summed E-state index contributed by atoms with van der Waals surface area (Å²) in [6.45, 7) is 8.41. The number of benzene rings is 1. The number of rotatable bonds is 5. The van der Waals surface area contributed by atoms with E-state index in [-0.39, 0.29) is 11.5 Å². The molecule has 6 nitrogen and oxygen atoms in total. The van der Waals surface area contributed by atoms with E-state index in [2.05, 4.69) is 53.4 Å². The van der Waals surface area contributed by atoms with Crippen LogP contribution in [0.3, 0.4) is 0 Å². The molecule has 1 aliphatic carbocycles. The molecule has 0 radical (unpaired) electrons. The second-order valence-corrected chi connectivity index (χ2v) is 8.02. The Morgan fingerprint density at radius 3 is 2.86 bits per heavy atom. The van der Waals surface area contributed by atoms with Crippen LogP contribution in [0.2, 0.25) is 0 Å². The van der Waals surface area contributed by atoms with E-state index in [0.29, 0.717) is 6.61 Å². The van der Waals surface area contributed by atoms with E-state index in [0.717, 1.165) is 37.7 Å². The maximum Gasteiger partial charge on any atom is 0.194 e. The van der Waals surface area contributed by atoms with Crippen LogP contribution in [-0.4, -0.2) is 53.4 Å². The van der Waals surface area contributed by atoms with Gasteiger partial charge in [-0.2, -0.15) is 5.10 Å². The maximum atomic E-state index is 6.00. The molecule has 1 aromatic carbocycles. The Balaban J connectivity index is 1.49. The lowest BCUT2D eigenvalue weighted by Gasteiger charge is -2.35. The lowest BCUT2D eigenvalue weighted by atomic mass is 9.92. The predicted octanol–water partition coefficient (Wildman–Crippen LogP) is 2.80. The van der Waals surface area contributed by atoms with E-state index in [4.69, 9.17) is 9.73 Å². The topological polar surface area (TPSA) is 54.7 Å². The van der Waals surface area contributed by atoms with Crippen LogP contribution in [0.1, 0.15) is 42.6 Å². The highest BCUT2D eigenvalue weighted by Gasteiger charge is 2.45. The number of aliphatic imine (C=N–C) groups is 1. The van der Waals surface area contributed by atoms with E-state index in [1.165, 1.54) is 24.0 Å². The SMILES string of the molecule is CCNC(=NCC1(c2ccccc2C)CC1)N1CCOC(c2cnn(C)c2)C1. The quantitative estimate of drug-likeness (QED) is 0.639. The standard InChI is InChI=1S/C22H31N5O/c1-4-23-21(24-16-22(9-10-22)19-8-6-5-7-17(19)2)27-11-12-28-20(15-27)18-13-25-26(3)14-18/h5-8,13-14,20H,4,9-12,15-16H2,1-3H3,(H,23,24). The minimum atomic E-state index is 0.0394. The molecule has 1 saturated carbocycles. The Bertz CT molecular complexity index is 839. The van der Waals surface area contributed by atoms with Crippen molar-refractivity contribution in [3.63, 3.8) is 0 Å². The van der Waals surface area contributed by atoms with E-state index in [1.807, 2.05) is 24.1 Å². The summed E-state index contributed by atoms with van der Waals surface area (Å²) >= 11 is 0. The summed E-state index contributed by atoms with van der Waals surface area (Å²) in [6, 6.07) is 8.76. The highest BCUT2D eigenvalue weighted by molar-refractivity contribution is 5.80. The van der Waals surface area contributed by atoms with Gasteiger partial charge in [0.2, 0.25) is 0 Å². The number of hydrogen-bond donors (Lipinski definition) is 1. The molecule has 150 valence electrons.